The van der Waals surface area contributed by atoms with E-state index in [2.05, 4.69) is 10.0 Å². The van der Waals surface area contributed by atoms with E-state index < -0.39 is 37.2 Å². The smallest absolute Gasteiger partial charge is 0.266 e. The van der Waals surface area contributed by atoms with Crippen molar-refractivity contribution in [1.82, 2.24) is 4.90 Å². The lowest BCUT2D eigenvalue weighted by Crippen LogP contribution is -2.40. The molecule has 0 saturated carbocycles. The summed E-state index contributed by atoms with van der Waals surface area (Å²) in [5.74, 6) is -4.75. The second kappa shape index (κ2) is 5.26. The minimum absolute atomic E-state index is 0.128. The van der Waals surface area contributed by atoms with Crippen molar-refractivity contribution in [1.29, 1.82) is 0 Å². The number of fused-ring (bicyclic) bond motifs is 1. The van der Waals surface area contributed by atoms with Crippen LogP contribution in [0.5, 0.6) is 0 Å². The number of hydrogen-bond acceptors (Lipinski definition) is 3. The number of carbonyl (C=O) groups excluding carboxylic acids is 2. The molecule has 1 heterocycles. The van der Waals surface area contributed by atoms with Crippen molar-refractivity contribution < 1.29 is 18.4 Å². The summed E-state index contributed by atoms with van der Waals surface area (Å²) in [5.41, 5.74) is 8.30. The number of benzene rings is 1. The van der Waals surface area contributed by atoms with Crippen molar-refractivity contribution in [3.05, 3.63) is 45.8 Å². The summed E-state index contributed by atoms with van der Waals surface area (Å²) in [4.78, 5) is 26.7. The highest BCUT2D eigenvalue weighted by Crippen LogP contribution is 2.27. The Kier molecular flexibility index (Phi) is 3.67. The molecular formula is C12H10F2N4O2. The number of azide groups is 1. The van der Waals surface area contributed by atoms with Gasteiger partial charge in [-0.2, -0.15) is 0 Å². The van der Waals surface area contributed by atoms with Crippen LogP contribution in [0.3, 0.4) is 0 Å². The molecule has 8 heteroatoms. The normalized spacial score (nSPS) is 14.2. The molecule has 104 valence electrons. The summed E-state index contributed by atoms with van der Waals surface area (Å²) in [6, 6.07) is 5.97. The number of alkyl halides is 2. The Balaban J connectivity index is 2.14. The highest BCUT2D eigenvalue weighted by molar-refractivity contribution is 6.21. The molecule has 0 N–H and O–H groups in total. The molecule has 1 aromatic rings. The van der Waals surface area contributed by atoms with Gasteiger partial charge in [-0.1, -0.05) is 17.2 Å². The molecule has 0 fully saturated rings. The fourth-order valence-corrected chi connectivity index (χ4v) is 1.95. The number of halogens is 2. The summed E-state index contributed by atoms with van der Waals surface area (Å²) in [7, 11) is 0. The van der Waals surface area contributed by atoms with Crippen LogP contribution in [0.4, 0.5) is 8.78 Å². The largest absolute Gasteiger partial charge is 0.269 e. The highest BCUT2D eigenvalue weighted by Gasteiger charge is 2.41. The third-order valence-electron chi connectivity index (χ3n) is 2.91. The van der Waals surface area contributed by atoms with E-state index >= 15 is 0 Å². The Hall–Kier alpha value is -2.47. The lowest BCUT2D eigenvalue weighted by Gasteiger charge is -2.21. The number of carbonyl (C=O) groups is 2. The van der Waals surface area contributed by atoms with Gasteiger partial charge < -0.3 is 0 Å². The van der Waals surface area contributed by atoms with Crippen LogP contribution in [0, 0.1) is 0 Å². The lowest BCUT2D eigenvalue weighted by atomic mass is 10.1. The molecule has 1 aliphatic rings. The van der Waals surface area contributed by atoms with Gasteiger partial charge in [-0.15, -0.1) is 0 Å². The molecule has 0 atom stereocenters. The Morgan fingerprint density at radius 2 is 1.75 bits per heavy atom. The first-order chi connectivity index (χ1) is 9.46. The van der Waals surface area contributed by atoms with Crippen LogP contribution < -0.4 is 0 Å². The van der Waals surface area contributed by atoms with E-state index in [4.69, 9.17) is 5.53 Å². The van der Waals surface area contributed by atoms with E-state index in [1.165, 1.54) is 12.1 Å². The molecule has 1 aromatic carbocycles. The molecule has 2 rings (SSSR count). The SMILES string of the molecule is [N-]=[N+]=NCCC(F)(F)CN1C(=O)c2ccccc2C1=O. The van der Waals surface area contributed by atoms with Crippen molar-refractivity contribution in [3.63, 3.8) is 0 Å². The monoisotopic (exact) mass is 280 g/mol. The van der Waals surface area contributed by atoms with Gasteiger partial charge >= 0.3 is 0 Å². The minimum Gasteiger partial charge on any atom is -0.269 e. The van der Waals surface area contributed by atoms with Gasteiger partial charge in [0.1, 0.15) is 0 Å². The predicted octanol–water partition coefficient (Wildman–Crippen LogP) is 2.62. The Morgan fingerprint density at radius 3 is 2.25 bits per heavy atom. The van der Waals surface area contributed by atoms with Crippen LogP contribution in [0.2, 0.25) is 0 Å². The molecule has 1 aliphatic heterocycles. The number of rotatable bonds is 5. The molecule has 0 aromatic heterocycles. The molecule has 0 bridgehead atoms. The van der Waals surface area contributed by atoms with Crippen LogP contribution >= 0.6 is 0 Å². The fraction of sp³-hybridized carbons (Fsp3) is 0.333. The molecule has 0 spiro atoms. The first kappa shape index (κ1) is 14.0. The highest BCUT2D eigenvalue weighted by atomic mass is 19.3. The van der Waals surface area contributed by atoms with E-state index in [1.807, 2.05) is 0 Å². The maximum Gasteiger partial charge on any atom is 0.266 e. The third kappa shape index (κ3) is 2.60. The molecular weight excluding hydrogens is 270 g/mol. The second-order valence-electron chi connectivity index (χ2n) is 4.30. The van der Waals surface area contributed by atoms with Gasteiger partial charge in [-0.3, -0.25) is 14.5 Å². The zero-order valence-corrected chi connectivity index (χ0v) is 10.3. The Morgan fingerprint density at radius 1 is 1.20 bits per heavy atom. The van der Waals surface area contributed by atoms with Gasteiger partial charge in [0, 0.05) is 17.9 Å². The van der Waals surface area contributed by atoms with Gasteiger partial charge in [0.05, 0.1) is 17.7 Å². The Labute approximate surface area is 112 Å². The number of amides is 2. The van der Waals surface area contributed by atoms with Crippen molar-refractivity contribution >= 4 is 11.8 Å². The standard InChI is InChI=1S/C12H10F2N4O2/c13-12(14,5-6-16-17-15)7-18-10(19)8-3-1-2-4-9(8)11(18)20/h1-4H,5-7H2. The molecule has 0 saturated heterocycles. The molecule has 6 nitrogen and oxygen atoms in total. The molecule has 20 heavy (non-hydrogen) atoms. The topological polar surface area (TPSA) is 86.1 Å². The Bertz CT molecular complexity index is 576. The molecule has 0 aliphatic carbocycles. The van der Waals surface area contributed by atoms with Gasteiger partial charge in [-0.25, -0.2) is 8.78 Å². The summed E-state index contributed by atoms with van der Waals surface area (Å²) in [5, 5.41) is 3.02. The predicted molar refractivity (Wildman–Crippen MR) is 65.4 cm³/mol. The second-order valence-corrected chi connectivity index (χ2v) is 4.30. The van der Waals surface area contributed by atoms with E-state index in [0.29, 0.717) is 4.90 Å². The van der Waals surface area contributed by atoms with Crippen LogP contribution in [-0.2, 0) is 0 Å². The zero-order valence-electron chi connectivity index (χ0n) is 10.3. The van der Waals surface area contributed by atoms with Crippen molar-refractivity contribution in [3.8, 4) is 0 Å². The first-order valence-corrected chi connectivity index (χ1v) is 5.80. The fourth-order valence-electron chi connectivity index (χ4n) is 1.95. The van der Waals surface area contributed by atoms with Crippen molar-refractivity contribution in [2.45, 2.75) is 12.3 Å². The van der Waals surface area contributed by atoms with Crippen LogP contribution in [0.15, 0.2) is 29.4 Å². The van der Waals surface area contributed by atoms with E-state index in [1.54, 1.807) is 12.1 Å². The van der Waals surface area contributed by atoms with Gasteiger partial charge in [-0.05, 0) is 17.7 Å². The average molecular weight is 280 g/mol. The molecule has 0 radical (unpaired) electrons. The van der Waals surface area contributed by atoms with Crippen LogP contribution in [-0.4, -0.2) is 35.7 Å². The van der Waals surface area contributed by atoms with Crippen LogP contribution in [0.25, 0.3) is 10.4 Å². The first-order valence-electron chi connectivity index (χ1n) is 5.80. The minimum atomic E-state index is -3.29. The average Bonchev–Trinajstić information content (AvgIpc) is 2.65. The van der Waals surface area contributed by atoms with Crippen molar-refractivity contribution in [2.24, 2.45) is 5.11 Å². The lowest BCUT2D eigenvalue weighted by molar-refractivity contribution is -0.0271. The number of hydrogen-bond donors (Lipinski definition) is 0. The van der Waals surface area contributed by atoms with Crippen molar-refractivity contribution in [2.75, 3.05) is 13.1 Å². The van der Waals surface area contributed by atoms with E-state index in [9.17, 15) is 18.4 Å². The quantitative estimate of drug-likeness (QED) is 0.359. The van der Waals surface area contributed by atoms with Crippen LogP contribution in [0.1, 0.15) is 27.1 Å². The third-order valence-corrected chi connectivity index (χ3v) is 2.91. The summed E-state index contributed by atoms with van der Waals surface area (Å²) in [6.45, 7) is -1.41. The van der Waals surface area contributed by atoms with Gasteiger partial charge in [0.2, 0.25) is 0 Å². The molecule has 2 amide bonds. The van der Waals surface area contributed by atoms with Gasteiger partial charge in [0.15, 0.2) is 0 Å². The maximum absolute atomic E-state index is 13.6. The number of imide groups is 1. The van der Waals surface area contributed by atoms with E-state index in [-0.39, 0.29) is 11.1 Å². The summed E-state index contributed by atoms with van der Waals surface area (Å²) < 4.78 is 27.3. The zero-order chi connectivity index (χ0) is 14.8. The summed E-state index contributed by atoms with van der Waals surface area (Å²) >= 11 is 0. The van der Waals surface area contributed by atoms with E-state index in [0.717, 1.165) is 0 Å². The summed E-state index contributed by atoms with van der Waals surface area (Å²) in [6.07, 6.45) is -0.718. The maximum atomic E-state index is 13.6. The molecule has 0 unspecified atom stereocenters. The number of nitrogens with zero attached hydrogens (tertiary/aromatic N) is 4. The van der Waals surface area contributed by atoms with Gasteiger partial charge in [0.25, 0.3) is 17.7 Å².